The molecular formula is C9H15N3O2. The lowest BCUT2D eigenvalue weighted by molar-refractivity contribution is -0.0419. The van der Waals surface area contributed by atoms with Gasteiger partial charge in [0, 0.05) is 13.5 Å². The number of rotatable bonds is 1. The molecule has 1 aliphatic heterocycles. The molecule has 0 bridgehead atoms. The van der Waals surface area contributed by atoms with Gasteiger partial charge in [-0.3, -0.25) is 4.68 Å². The van der Waals surface area contributed by atoms with Gasteiger partial charge in [-0.2, -0.15) is 0 Å². The second-order valence-corrected chi connectivity index (χ2v) is 3.99. The number of hydrogen-bond acceptors (Lipinski definition) is 4. The third-order valence-corrected chi connectivity index (χ3v) is 2.75. The van der Waals surface area contributed by atoms with E-state index in [0.29, 0.717) is 12.1 Å². The summed E-state index contributed by atoms with van der Waals surface area (Å²) >= 11 is 0. The van der Waals surface area contributed by atoms with E-state index in [2.05, 4.69) is 10.3 Å². The molecule has 0 spiro atoms. The lowest BCUT2D eigenvalue weighted by atomic mass is 9.92. The molecule has 1 aliphatic rings. The summed E-state index contributed by atoms with van der Waals surface area (Å²) in [5.74, 6) is 0. The summed E-state index contributed by atoms with van der Waals surface area (Å²) in [7, 11) is 1.78. The third-order valence-electron chi connectivity index (χ3n) is 2.75. The summed E-state index contributed by atoms with van der Waals surface area (Å²) in [5, 5.41) is 18.1. The van der Waals surface area contributed by atoms with Gasteiger partial charge in [0.15, 0.2) is 0 Å². The molecule has 5 nitrogen and oxygen atoms in total. The van der Waals surface area contributed by atoms with Crippen molar-refractivity contribution in [3.05, 3.63) is 11.9 Å². The molecule has 3 unspecified atom stereocenters. The van der Waals surface area contributed by atoms with Crippen LogP contribution in [0, 0.1) is 0 Å². The molecule has 0 aromatic carbocycles. The summed E-state index contributed by atoms with van der Waals surface area (Å²) in [6.07, 6.45) is 2.15. The topological polar surface area (TPSA) is 60.2 Å². The molecule has 2 rings (SSSR count). The molecule has 0 aliphatic carbocycles. The first-order chi connectivity index (χ1) is 6.52. The minimum atomic E-state index is -0.978. The Morgan fingerprint density at radius 3 is 2.79 bits per heavy atom. The summed E-state index contributed by atoms with van der Waals surface area (Å²) < 4.78 is 7.10. The van der Waals surface area contributed by atoms with Crippen molar-refractivity contribution in [3.8, 4) is 0 Å². The number of hydrogen-bond donors (Lipinski definition) is 1. The Morgan fingerprint density at radius 1 is 1.64 bits per heavy atom. The molecule has 1 saturated heterocycles. The van der Waals surface area contributed by atoms with Crippen LogP contribution in [0.15, 0.2) is 6.20 Å². The van der Waals surface area contributed by atoms with E-state index in [4.69, 9.17) is 4.74 Å². The molecule has 1 fully saturated rings. The van der Waals surface area contributed by atoms with Crippen LogP contribution >= 0.6 is 0 Å². The molecule has 1 aromatic rings. The number of aromatic nitrogens is 3. The van der Waals surface area contributed by atoms with E-state index in [-0.39, 0.29) is 12.2 Å². The van der Waals surface area contributed by atoms with Crippen molar-refractivity contribution < 1.29 is 9.84 Å². The molecule has 0 saturated carbocycles. The Labute approximate surface area is 82.7 Å². The summed E-state index contributed by atoms with van der Waals surface area (Å²) in [5.41, 5.74) is -0.384. The van der Waals surface area contributed by atoms with Crippen LogP contribution in [0.3, 0.4) is 0 Å². The van der Waals surface area contributed by atoms with Crippen molar-refractivity contribution in [1.82, 2.24) is 15.0 Å². The fourth-order valence-corrected chi connectivity index (χ4v) is 1.97. The van der Waals surface area contributed by atoms with Crippen LogP contribution in [0.4, 0.5) is 0 Å². The maximum atomic E-state index is 10.4. The van der Waals surface area contributed by atoms with Crippen LogP contribution in [0.25, 0.3) is 0 Å². The Hall–Kier alpha value is -0.940. The van der Waals surface area contributed by atoms with Gasteiger partial charge in [0.25, 0.3) is 0 Å². The van der Waals surface area contributed by atoms with Gasteiger partial charge in [-0.05, 0) is 13.8 Å². The van der Waals surface area contributed by atoms with Crippen LogP contribution < -0.4 is 0 Å². The predicted molar refractivity (Wildman–Crippen MR) is 49.5 cm³/mol. The maximum Gasteiger partial charge on any atom is 0.138 e. The zero-order valence-electron chi connectivity index (χ0n) is 8.64. The van der Waals surface area contributed by atoms with Crippen LogP contribution in [-0.2, 0) is 17.4 Å². The highest BCUT2D eigenvalue weighted by Crippen LogP contribution is 2.37. The number of aliphatic hydroxyl groups is 1. The van der Waals surface area contributed by atoms with E-state index in [0.717, 1.165) is 0 Å². The molecule has 14 heavy (non-hydrogen) atoms. The van der Waals surface area contributed by atoms with E-state index in [1.54, 1.807) is 17.9 Å². The van der Waals surface area contributed by atoms with Gasteiger partial charge < -0.3 is 9.84 Å². The first-order valence-corrected chi connectivity index (χ1v) is 4.77. The largest absolute Gasteiger partial charge is 0.381 e. The van der Waals surface area contributed by atoms with Crippen LogP contribution in [0.1, 0.15) is 26.0 Å². The van der Waals surface area contributed by atoms with Gasteiger partial charge in [0.05, 0.1) is 18.4 Å². The highest BCUT2D eigenvalue weighted by molar-refractivity contribution is 5.12. The van der Waals surface area contributed by atoms with Crippen molar-refractivity contribution in [3.63, 3.8) is 0 Å². The van der Waals surface area contributed by atoms with E-state index < -0.39 is 5.60 Å². The highest BCUT2D eigenvalue weighted by atomic mass is 16.5. The molecule has 78 valence electrons. The summed E-state index contributed by atoms with van der Waals surface area (Å²) in [6.45, 7) is 3.81. The third kappa shape index (κ3) is 1.33. The standard InChI is InChI=1S/C9H15N3O2/c1-6-4-9(13,7(2)14-6)8-5-12(3)11-10-8/h5-7,13H,4H2,1-3H3. The van der Waals surface area contributed by atoms with Crippen molar-refractivity contribution in [1.29, 1.82) is 0 Å². The van der Waals surface area contributed by atoms with E-state index in [1.165, 1.54) is 0 Å². The lowest BCUT2D eigenvalue weighted by Gasteiger charge is -2.22. The molecule has 2 heterocycles. The molecular weight excluding hydrogens is 182 g/mol. The fraction of sp³-hybridized carbons (Fsp3) is 0.778. The van der Waals surface area contributed by atoms with Crippen molar-refractivity contribution in [2.75, 3.05) is 0 Å². The van der Waals surface area contributed by atoms with E-state index in [9.17, 15) is 5.11 Å². The van der Waals surface area contributed by atoms with Crippen LogP contribution in [-0.4, -0.2) is 32.3 Å². The van der Waals surface area contributed by atoms with Gasteiger partial charge in [-0.15, -0.1) is 5.10 Å². The monoisotopic (exact) mass is 197 g/mol. The van der Waals surface area contributed by atoms with Gasteiger partial charge in [-0.1, -0.05) is 5.21 Å². The smallest absolute Gasteiger partial charge is 0.138 e. The number of nitrogens with zero attached hydrogens (tertiary/aromatic N) is 3. The normalized spacial score (nSPS) is 37.7. The first-order valence-electron chi connectivity index (χ1n) is 4.77. The fourth-order valence-electron chi connectivity index (χ4n) is 1.97. The van der Waals surface area contributed by atoms with Crippen LogP contribution in [0.2, 0.25) is 0 Å². The van der Waals surface area contributed by atoms with Gasteiger partial charge >= 0.3 is 0 Å². The Kier molecular flexibility index (Phi) is 2.08. The van der Waals surface area contributed by atoms with Gasteiger partial charge in [0.2, 0.25) is 0 Å². The molecule has 5 heteroatoms. The molecule has 0 amide bonds. The van der Waals surface area contributed by atoms with Crippen molar-refractivity contribution in [2.24, 2.45) is 7.05 Å². The molecule has 1 aromatic heterocycles. The highest BCUT2D eigenvalue weighted by Gasteiger charge is 2.46. The zero-order chi connectivity index (χ0) is 10.3. The Bertz CT molecular complexity index is 339. The first kappa shape index (κ1) is 9.61. The van der Waals surface area contributed by atoms with E-state index >= 15 is 0 Å². The predicted octanol–water partition coefficient (Wildman–Crippen LogP) is 0.200. The molecule has 3 atom stereocenters. The van der Waals surface area contributed by atoms with Gasteiger partial charge in [-0.25, -0.2) is 0 Å². The lowest BCUT2D eigenvalue weighted by Crippen LogP contribution is -2.33. The molecule has 0 radical (unpaired) electrons. The summed E-state index contributed by atoms with van der Waals surface area (Å²) in [4.78, 5) is 0. The SMILES string of the molecule is CC1CC(O)(c2cn(C)nn2)C(C)O1. The second kappa shape index (κ2) is 3.03. The molecule has 1 N–H and O–H groups in total. The van der Waals surface area contributed by atoms with Crippen molar-refractivity contribution >= 4 is 0 Å². The average molecular weight is 197 g/mol. The minimum absolute atomic E-state index is 0.0667. The Balaban J connectivity index is 2.32. The van der Waals surface area contributed by atoms with Crippen LogP contribution in [0.5, 0.6) is 0 Å². The van der Waals surface area contributed by atoms with Gasteiger partial charge in [0.1, 0.15) is 11.3 Å². The maximum absolute atomic E-state index is 10.4. The Morgan fingerprint density at radius 2 is 2.36 bits per heavy atom. The average Bonchev–Trinajstić information content (AvgIpc) is 2.59. The van der Waals surface area contributed by atoms with E-state index in [1.807, 2.05) is 13.8 Å². The minimum Gasteiger partial charge on any atom is -0.381 e. The van der Waals surface area contributed by atoms with Crippen molar-refractivity contribution in [2.45, 2.75) is 38.1 Å². The zero-order valence-corrected chi connectivity index (χ0v) is 8.64. The number of aryl methyl sites for hydroxylation is 1. The number of ether oxygens (including phenoxy) is 1. The summed E-state index contributed by atoms with van der Waals surface area (Å²) in [6, 6.07) is 0. The quantitative estimate of drug-likeness (QED) is 0.698. The second-order valence-electron chi connectivity index (χ2n) is 3.99.